The van der Waals surface area contributed by atoms with Gasteiger partial charge >= 0.3 is 0 Å². The number of alkyl halides is 1. The Morgan fingerprint density at radius 1 is 1.00 bits per heavy atom. The van der Waals surface area contributed by atoms with Crippen LogP contribution in [0.4, 0.5) is 0 Å². The molecule has 1 atom stereocenters. The Kier molecular flexibility index (Phi) is 10.8. The lowest BCUT2D eigenvalue weighted by molar-refractivity contribution is -0.118. The largest absolute Gasteiger partial charge is 0.298 e. The number of hydrogen-bond acceptors (Lipinski definition) is 1. The molecule has 0 aromatic heterocycles. The Balaban J connectivity index is 3.42. The predicted octanol–water partition coefficient (Wildman–Crippen LogP) is 4.87. The molecule has 15 heavy (non-hydrogen) atoms. The average Bonchev–Trinajstić information content (AvgIpc) is 2.24. The van der Waals surface area contributed by atoms with Gasteiger partial charge in [-0.15, -0.1) is 0 Å². The fourth-order valence-corrected chi connectivity index (χ4v) is 2.17. The number of ketones is 1. The highest BCUT2D eigenvalue weighted by Gasteiger charge is 2.13. The number of carbonyl (C=O) groups is 1. The first kappa shape index (κ1) is 15.2. The number of halogens is 1. The highest BCUT2D eigenvalue weighted by molar-refractivity contribution is 9.10. The van der Waals surface area contributed by atoms with Gasteiger partial charge in [-0.25, -0.2) is 0 Å². The first-order valence-corrected chi connectivity index (χ1v) is 7.30. The van der Waals surface area contributed by atoms with Crippen molar-refractivity contribution < 1.29 is 4.79 Å². The SMILES string of the molecule is CCCCCCC(=O)C(Br)CCCCC. The molecule has 0 bridgehead atoms. The molecule has 90 valence electrons. The van der Waals surface area contributed by atoms with Gasteiger partial charge in [-0.1, -0.05) is 68.3 Å². The second kappa shape index (κ2) is 10.7. The molecule has 1 unspecified atom stereocenters. The van der Waals surface area contributed by atoms with Crippen LogP contribution in [0.5, 0.6) is 0 Å². The van der Waals surface area contributed by atoms with Crippen molar-refractivity contribution in [2.24, 2.45) is 0 Å². The van der Waals surface area contributed by atoms with Crippen LogP contribution in [0, 0.1) is 0 Å². The molecule has 0 aromatic carbocycles. The van der Waals surface area contributed by atoms with Crippen LogP contribution in [0.15, 0.2) is 0 Å². The second-order valence-electron chi connectivity index (χ2n) is 4.24. The smallest absolute Gasteiger partial charge is 0.146 e. The number of carbonyl (C=O) groups excluding carboxylic acids is 1. The summed E-state index contributed by atoms with van der Waals surface area (Å²) in [4.78, 5) is 11.8. The maximum atomic E-state index is 11.7. The summed E-state index contributed by atoms with van der Waals surface area (Å²) in [6, 6.07) is 0. The molecule has 0 rings (SSSR count). The van der Waals surface area contributed by atoms with E-state index in [1.807, 2.05) is 0 Å². The normalized spacial score (nSPS) is 12.7. The van der Waals surface area contributed by atoms with Gasteiger partial charge in [0.1, 0.15) is 5.78 Å². The van der Waals surface area contributed by atoms with Crippen molar-refractivity contribution in [3.8, 4) is 0 Å². The molecule has 0 spiro atoms. The molecule has 0 heterocycles. The van der Waals surface area contributed by atoms with Crippen molar-refractivity contribution in [1.82, 2.24) is 0 Å². The van der Waals surface area contributed by atoms with Gasteiger partial charge in [0.2, 0.25) is 0 Å². The quantitative estimate of drug-likeness (QED) is 0.411. The molecule has 0 aromatic rings. The first-order chi connectivity index (χ1) is 7.22. The van der Waals surface area contributed by atoms with Crippen molar-refractivity contribution in [2.75, 3.05) is 0 Å². The highest BCUT2D eigenvalue weighted by atomic mass is 79.9. The summed E-state index contributed by atoms with van der Waals surface area (Å²) in [5, 5.41) is 0. The first-order valence-electron chi connectivity index (χ1n) is 6.39. The van der Waals surface area contributed by atoms with Crippen molar-refractivity contribution >= 4 is 21.7 Å². The van der Waals surface area contributed by atoms with E-state index in [-0.39, 0.29) is 4.83 Å². The number of hydrogen-bond donors (Lipinski definition) is 0. The van der Waals surface area contributed by atoms with Gasteiger partial charge in [0.05, 0.1) is 4.83 Å². The fourth-order valence-electron chi connectivity index (χ4n) is 1.62. The van der Waals surface area contributed by atoms with Gasteiger partial charge < -0.3 is 0 Å². The van der Waals surface area contributed by atoms with Gasteiger partial charge in [-0.3, -0.25) is 4.79 Å². The number of rotatable bonds is 10. The van der Waals surface area contributed by atoms with Crippen molar-refractivity contribution in [2.45, 2.75) is 76.5 Å². The van der Waals surface area contributed by atoms with E-state index in [2.05, 4.69) is 29.8 Å². The summed E-state index contributed by atoms with van der Waals surface area (Å²) in [6.45, 7) is 4.38. The van der Waals surface area contributed by atoms with E-state index in [4.69, 9.17) is 0 Å². The summed E-state index contributed by atoms with van der Waals surface area (Å²) in [6.07, 6.45) is 10.2. The molecule has 0 fully saturated rings. The Hall–Kier alpha value is 0.150. The van der Waals surface area contributed by atoms with E-state index < -0.39 is 0 Å². The minimum atomic E-state index is 0.116. The number of Topliss-reactive ketones (excluding diaryl/α,β-unsaturated/α-hetero) is 1. The molecule has 0 saturated heterocycles. The molecule has 0 aliphatic carbocycles. The third kappa shape index (κ3) is 9.10. The molecule has 0 N–H and O–H groups in total. The third-order valence-corrected chi connectivity index (χ3v) is 3.66. The van der Waals surface area contributed by atoms with Gasteiger partial charge in [-0.05, 0) is 12.8 Å². The van der Waals surface area contributed by atoms with E-state index in [1.165, 1.54) is 38.5 Å². The molecule has 0 aliphatic heterocycles. The average molecular weight is 277 g/mol. The van der Waals surface area contributed by atoms with Gasteiger partial charge in [0.15, 0.2) is 0 Å². The minimum absolute atomic E-state index is 0.116. The molecular weight excluding hydrogens is 252 g/mol. The molecule has 0 saturated carbocycles. The maximum Gasteiger partial charge on any atom is 0.146 e. The van der Waals surface area contributed by atoms with Crippen LogP contribution >= 0.6 is 15.9 Å². The van der Waals surface area contributed by atoms with E-state index in [0.29, 0.717) is 5.78 Å². The van der Waals surface area contributed by atoms with E-state index >= 15 is 0 Å². The molecule has 0 radical (unpaired) electrons. The van der Waals surface area contributed by atoms with Gasteiger partial charge in [0.25, 0.3) is 0 Å². The zero-order chi connectivity index (χ0) is 11.5. The van der Waals surface area contributed by atoms with E-state index in [0.717, 1.165) is 19.3 Å². The molecule has 0 amide bonds. The summed E-state index contributed by atoms with van der Waals surface area (Å²) in [7, 11) is 0. The highest BCUT2D eigenvalue weighted by Crippen LogP contribution is 2.15. The topological polar surface area (TPSA) is 17.1 Å². The summed E-state index contributed by atoms with van der Waals surface area (Å²) in [5.74, 6) is 0.405. The Morgan fingerprint density at radius 3 is 2.20 bits per heavy atom. The Bertz CT molecular complexity index is 157. The second-order valence-corrected chi connectivity index (χ2v) is 5.35. The standard InChI is InChI=1S/C13H25BrO/c1-3-5-7-9-11-13(15)12(14)10-8-6-4-2/h12H,3-11H2,1-2H3. The summed E-state index contributed by atoms with van der Waals surface area (Å²) < 4.78 is 0. The third-order valence-electron chi connectivity index (χ3n) is 2.69. The maximum absolute atomic E-state index is 11.7. The summed E-state index contributed by atoms with van der Waals surface area (Å²) >= 11 is 3.49. The molecule has 0 aliphatic rings. The van der Waals surface area contributed by atoms with Crippen molar-refractivity contribution in [3.63, 3.8) is 0 Å². The zero-order valence-corrected chi connectivity index (χ0v) is 11.8. The van der Waals surface area contributed by atoms with Crippen LogP contribution in [0.1, 0.15) is 71.6 Å². The van der Waals surface area contributed by atoms with Crippen LogP contribution in [0.2, 0.25) is 0 Å². The van der Waals surface area contributed by atoms with Gasteiger partial charge in [-0.2, -0.15) is 0 Å². The van der Waals surface area contributed by atoms with Crippen LogP contribution in [-0.2, 0) is 4.79 Å². The zero-order valence-electron chi connectivity index (χ0n) is 10.2. The van der Waals surface area contributed by atoms with Crippen LogP contribution in [-0.4, -0.2) is 10.6 Å². The minimum Gasteiger partial charge on any atom is -0.298 e. The molecule has 1 nitrogen and oxygen atoms in total. The lowest BCUT2D eigenvalue weighted by Crippen LogP contribution is -2.13. The van der Waals surface area contributed by atoms with Crippen LogP contribution in [0.25, 0.3) is 0 Å². The number of unbranched alkanes of at least 4 members (excludes halogenated alkanes) is 5. The van der Waals surface area contributed by atoms with E-state index in [9.17, 15) is 4.79 Å². The molecule has 2 heteroatoms. The lowest BCUT2D eigenvalue weighted by atomic mass is 10.0. The fraction of sp³-hybridized carbons (Fsp3) is 0.923. The van der Waals surface area contributed by atoms with E-state index in [1.54, 1.807) is 0 Å². The van der Waals surface area contributed by atoms with Gasteiger partial charge in [0, 0.05) is 6.42 Å². The van der Waals surface area contributed by atoms with Crippen LogP contribution in [0.3, 0.4) is 0 Å². The molecular formula is C13H25BrO. The Labute approximate surface area is 103 Å². The monoisotopic (exact) mass is 276 g/mol. The summed E-state index contributed by atoms with van der Waals surface area (Å²) in [5.41, 5.74) is 0. The lowest BCUT2D eigenvalue weighted by Gasteiger charge is -2.07. The predicted molar refractivity (Wildman–Crippen MR) is 70.6 cm³/mol. The van der Waals surface area contributed by atoms with Crippen LogP contribution < -0.4 is 0 Å². The Morgan fingerprint density at radius 2 is 1.60 bits per heavy atom. The van der Waals surface area contributed by atoms with Crippen molar-refractivity contribution in [3.05, 3.63) is 0 Å². The van der Waals surface area contributed by atoms with Crippen molar-refractivity contribution in [1.29, 1.82) is 0 Å².